The van der Waals surface area contributed by atoms with Crippen LogP contribution in [0, 0.1) is 11.6 Å². The largest absolute Gasteiger partial charge is 0.468 e. The smallest absolute Gasteiger partial charge is 0.321 e. The Kier molecular flexibility index (Phi) is 4.43. The van der Waals surface area contributed by atoms with Crippen molar-refractivity contribution in [3.05, 3.63) is 23.8 Å². The molecule has 0 aliphatic carbocycles. The minimum absolute atomic E-state index is 0.246. The third-order valence-corrected chi connectivity index (χ3v) is 4.12. The summed E-state index contributed by atoms with van der Waals surface area (Å²) in [6.07, 6.45) is 0. The van der Waals surface area contributed by atoms with Gasteiger partial charge in [0.2, 0.25) is 10.0 Å². The predicted molar refractivity (Wildman–Crippen MR) is 62.6 cm³/mol. The van der Waals surface area contributed by atoms with E-state index in [-0.39, 0.29) is 5.69 Å². The topological polar surface area (TPSA) is 89.7 Å². The number of anilines is 1. The number of ether oxygens (including phenoxy) is 1. The van der Waals surface area contributed by atoms with Crippen molar-refractivity contribution in [1.29, 1.82) is 0 Å². The van der Waals surface area contributed by atoms with Gasteiger partial charge in [-0.25, -0.2) is 17.2 Å². The van der Waals surface area contributed by atoms with Crippen LogP contribution in [0.5, 0.6) is 0 Å². The molecule has 0 saturated heterocycles. The first-order valence-corrected chi connectivity index (χ1v) is 6.41. The monoisotopic (exact) mass is 294 g/mol. The lowest BCUT2D eigenvalue weighted by Crippen LogP contribution is -2.33. The van der Waals surface area contributed by atoms with Gasteiger partial charge in [-0.05, 0) is 12.1 Å². The molecule has 0 amide bonds. The highest BCUT2D eigenvalue weighted by Gasteiger charge is 2.30. The van der Waals surface area contributed by atoms with Crippen molar-refractivity contribution in [1.82, 2.24) is 4.31 Å². The lowest BCUT2D eigenvalue weighted by molar-refractivity contribution is -0.140. The molecule has 0 saturated carbocycles. The molecule has 0 spiro atoms. The summed E-state index contributed by atoms with van der Waals surface area (Å²) in [4.78, 5) is 9.83. The van der Waals surface area contributed by atoms with Crippen LogP contribution >= 0.6 is 0 Å². The number of hydrogen-bond acceptors (Lipinski definition) is 5. The molecule has 0 fully saturated rings. The second-order valence-electron chi connectivity index (χ2n) is 3.65. The van der Waals surface area contributed by atoms with E-state index in [1.54, 1.807) is 0 Å². The fourth-order valence-corrected chi connectivity index (χ4v) is 2.51. The van der Waals surface area contributed by atoms with E-state index in [4.69, 9.17) is 5.73 Å². The van der Waals surface area contributed by atoms with Crippen LogP contribution in [-0.4, -0.2) is 39.4 Å². The van der Waals surface area contributed by atoms with Crippen molar-refractivity contribution in [3.8, 4) is 0 Å². The predicted octanol–water partition coefficient (Wildman–Crippen LogP) is 0.341. The van der Waals surface area contributed by atoms with Crippen molar-refractivity contribution >= 4 is 21.7 Å². The molecule has 19 heavy (non-hydrogen) atoms. The van der Waals surface area contributed by atoms with E-state index in [0.717, 1.165) is 14.2 Å². The highest BCUT2D eigenvalue weighted by atomic mass is 32.2. The number of carbonyl (C=O) groups is 1. The lowest BCUT2D eigenvalue weighted by Gasteiger charge is -2.16. The molecule has 0 atom stereocenters. The van der Waals surface area contributed by atoms with E-state index >= 15 is 0 Å². The molecular formula is C10H12F2N2O4S. The van der Waals surface area contributed by atoms with Gasteiger partial charge in [-0.1, -0.05) is 0 Å². The molecule has 6 nitrogen and oxygen atoms in total. The van der Waals surface area contributed by atoms with Crippen LogP contribution in [0.4, 0.5) is 14.5 Å². The number of sulfonamides is 1. The second-order valence-corrected chi connectivity index (χ2v) is 5.63. The molecule has 0 aromatic heterocycles. The number of benzene rings is 1. The summed E-state index contributed by atoms with van der Waals surface area (Å²) in [7, 11) is -2.43. The number of likely N-dealkylation sites (N-methyl/N-ethyl adjacent to an activating group) is 1. The maximum Gasteiger partial charge on any atom is 0.321 e. The van der Waals surface area contributed by atoms with Crippen molar-refractivity contribution in [2.45, 2.75) is 4.90 Å². The summed E-state index contributed by atoms with van der Waals surface area (Å²) in [6.45, 7) is -0.665. The summed E-state index contributed by atoms with van der Waals surface area (Å²) in [5.74, 6) is -3.51. The molecule has 2 N–H and O–H groups in total. The number of hydrogen-bond donors (Lipinski definition) is 1. The van der Waals surface area contributed by atoms with Crippen molar-refractivity contribution in [2.75, 3.05) is 26.4 Å². The van der Waals surface area contributed by atoms with Crippen LogP contribution in [0.15, 0.2) is 17.0 Å². The van der Waals surface area contributed by atoms with Crippen molar-refractivity contribution in [3.63, 3.8) is 0 Å². The maximum absolute atomic E-state index is 13.5. The molecule has 106 valence electrons. The molecule has 0 unspecified atom stereocenters. The summed E-state index contributed by atoms with van der Waals surface area (Å²) >= 11 is 0. The van der Waals surface area contributed by atoms with Gasteiger partial charge < -0.3 is 10.5 Å². The number of methoxy groups -OCH3 is 1. The normalized spacial score (nSPS) is 11.6. The SMILES string of the molecule is COC(=O)CN(C)S(=O)(=O)c1c(F)cc(N)cc1F. The summed E-state index contributed by atoms with van der Waals surface area (Å²) in [6, 6.07) is 1.36. The van der Waals surface area contributed by atoms with Gasteiger partial charge in [-0.15, -0.1) is 0 Å². The third kappa shape index (κ3) is 3.18. The van der Waals surface area contributed by atoms with Gasteiger partial charge in [0, 0.05) is 12.7 Å². The number of nitrogens with zero attached hydrogens (tertiary/aromatic N) is 1. The zero-order chi connectivity index (χ0) is 14.8. The van der Waals surface area contributed by atoms with E-state index in [0.29, 0.717) is 16.4 Å². The third-order valence-electron chi connectivity index (χ3n) is 2.27. The number of nitrogens with two attached hydrogens (primary N) is 1. The van der Waals surface area contributed by atoms with Gasteiger partial charge in [0.25, 0.3) is 0 Å². The highest BCUT2D eigenvalue weighted by molar-refractivity contribution is 7.89. The van der Waals surface area contributed by atoms with Crippen LogP contribution in [0.1, 0.15) is 0 Å². The first-order valence-electron chi connectivity index (χ1n) is 4.97. The van der Waals surface area contributed by atoms with Gasteiger partial charge in [0.1, 0.15) is 18.2 Å². The average molecular weight is 294 g/mol. The molecule has 0 aliphatic heterocycles. The van der Waals surface area contributed by atoms with E-state index in [1.807, 2.05) is 0 Å². The van der Waals surface area contributed by atoms with Crippen LogP contribution < -0.4 is 5.73 Å². The fourth-order valence-electron chi connectivity index (χ4n) is 1.31. The van der Waals surface area contributed by atoms with Crippen LogP contribution in [-0.2, 0) is 19.6 Å². The van der Waals surface area contributed by atoms with E-state index in [2.05, 4.69) is 4.74 Å². The Morgan fingerprint density at radius 1 is 1.37 bits per heavy atom. The number of nitrogen functional groups attached to an aromatic ring is 1. The number of carbonyl (C=O) groups excluding carboxylic acids is 1. The molecule has 0 bridgehead atoms. The molecule has 9 heteroatoms. The van der Waals surface area contributed by atoms with Crippen LogP contribution in [0.3, 0.4) is 0 Å². The summed E-state index contributed by atoms with van der Waals surface area (Å²) in [5.41, 5.74) is 4.94. The molecule has 0 radical (unpaired) electrons. The van der Waals surface area contributed by atoms with Gasteiger partial charge in [0.15, 0.2) is 4.90 Å². The van der Waals surface area contributed by atoms with Crippen molar-refractivity contribution in [2.24, 2.45) is 0 Å². The zero-order valence-electron chi connectivity index (χ0n) is 10.2. The molecule has 1 aromatic carbocycles. The Morgan fingerprint density at radius 3 is 2.26 bits per heavy atom. The minimum Gasteiger partial charge on any atom is -0.468 e. The number of esters is 1. The first kappa shape index (κ1) is 15.3. The van der Waals surface area contributed by atoms with E-state index in [9.17, 15) is 22.0 Å². The summed E-state index contributed by atoms with van der Waals surface area (Å²) < 4.78 is 55.7. The Hall–Kier alpha value is -1.74. The average Bonchev–Trinajstić information content (AvgIpc) is 2.26. The fraction of sp³-hybridized carbons (Fsp3) is 0.300. The van der Waals surface area contributed by atoms with Gasteiger partial charge in [0.05, 0.1) is 7.11 Å². The van der Waals surface area contributed by atoms with Crippen LogP contribution in [0.25, 0.3) is 0 Å². The standard InChI is InChI=1S/C10H12F2N2O4S/c1-14(5-9(15)18-2)19(16,17)10-7(11)3-6(13)4-8(10)12/h3-4H,5,13H2,1-2H3. The first-order chi connectivity index (χ1) is 8.70. The number of rotatable bonds is 4. The van der Waals surface area contributed by atoms with Crippen LogP contribution in [0.2, 0.25) is 0 Å². The summed E-state index contributed by atoms with van der Waals surface area (Å²) in [5, 5.41) is 0. The van der Waals surface area contributed by atoms with Crippen molar-refractivity contribution < 1.29 is 26.7 Å². The molecule has 1 aromatic rings. The lowest BCUT2D eigenvalue weighted by atomic mass is 10.3. The molecule has 1 rings (SSSR count). The Bertz CT molecular complexity index is 581. The Morgan fingerprint density at radius 2 is 1.84 bits per heavy atom. The van der Waals surface area contributed by atoms with E-state index < -0.39 is 39.1 Å². The zero-order valence-corrected chi connectivity index (χ0v) is 11.0. The quantitative estimate of drug-likeness (QED) is 0.639. The Balaban J connectivity index is 3.24. The number of halogens is 2. The second kappa shape index (κ2) is 5.49. The maximum atomic E-state index is 13.5. The van der Waals surface area contributed by atoms with Gasteiger partial charge in [-0.2, -0.15) is 4.31 Å². The van der Waals surface area contributed by atoms with Gasteiger partial charge >= 0.3 is 5.97 Å². The van der Waals surface area contributed by atoms with E-state index in [1.165, 1.54) is 0 Å². The Labute approximate surface area is 108 Å². The van der Waals surface area contributed by atoms with Gasteiger partial charge in [-0.3, -0.25) is 4.79 Å². The molecular weight excluding hydrogens is 282 g/mol. The molecule has 0 aliphatic rings. The molecule has 0 heterocycles. The highest BCUT2D eigenvalue weighted by Crippen LogP contribution is 2.24. The minimum atomic E-state index is -4.50.